The Kier molecular flexibility index (Phi) is 7.67. The van der Waals surface area contributed by atoms with Gasteiger partial charge in [-0.3, -0.25) is 0 Å². The number of rotatable bonds is 8. The van der Waals surface area contributed by atoms with E-state index in [-0.39, 0.29) is 17.9 Å². The van der Waals surface area contributed by atoms with E-state index in [1.165, 1.54) is 40.4 Å². The molecule has 1 saturated heterocycles. The van der Waals surface area contributed by atoms with Crippen molar-refractivity contribution in [3.8, 4) is 5.69 Å². The molecule has 0 spiro atoms. The van der Waals surface area contributed by atoms with Gasteiger partial charge in [0.1, 0.15) is 42.0 Å². The van der Waals surface area contributed by atoms with Crippen LogP contribution in [0.2, 0.25) is 5.02 Å². The zero-order chi connectivity index (χ0) is 30.1. The van der Waals surface area contributed by atoms with Gasteiger partial charge >= 0.3 is 5.69 Å². The van der Waals surface area contributed by atoms with E-state index in [1.807, 2.05) is 12.1 Å². The number of anilines is 2. The van der Waals surface area contributed by atoms with E-state index in [0.717, 1.165) is 41.3 Å². The molecule has 0 saturated carbocycles. The molecule has 3 heterocycles. The zero-order valence-electron chi connectivity index (χ0n) is 22.7. The molecule has 2 aromatic heterocycles. The van der Waals surface area contributed by atoms with Crippen molar-refractivity contribution in [2.75, 3.05) is 36.0 Å². The van der Waals surface area contributed by atoms with Crippen molar-refractivity contribution >= 4 is 23.0 Å². The first-order valence-electron chi connectivity index (χ1n) is 13.4. The number of hydrogen-bond donors (Lipinski definition) is 1. The number of piperazine rings is 1. The quantitative estimate of drug-likeness (QED) is 0.287. The fourth-order valence-corrected chi connectivity index (χ4v) is 5.59. The Morgan fingerprint density at radius 3 is 2.16 bits per heavy atom. The molecular weight excluding hydrogens is 585 g/mol. The summed E-state index contributed by atoms with van der Waals surface area (Å²) in [5.74, 6) is -2.14. The number of benzene rings is 3. The van der Waals surface area contributed by atoms with Crippen LogP contribution in [-0.4, -0.2) is 60.4 Å². The van der Waals surface area contributed by atoms with Gasteiger partial charge in [0.05, 0.1) is 29.5 Å². The lowest BCUT2D eigenvalue weighted by Gasteiger charge is -2.37. The largest absolute Gasteiger partial charge is 0.381 e. The van der Waals surface area contributed by atoms with Crippen LogP contribution in [0.15, 0.2) is 84.4 Å². The maximum Gasteiger partial charge on any atom is 0.350 e. The Bertz CT molecular complexity index is 1790. The SMILES string of the molecule is O=c1n(-c2ccc(N3CCN(c4ccc(F)cc4Cl)CC3)cc2)cnn1CC(O)(Cn1cncn1)c1ccc(F)cc1F. The van der Waals surface area contributed by atoms with E-state index in [0.29, 0.717) is 29.9 Å². The molecule has 1 atom stereocenters. The van der Waals surface area contributed by atoms with Crippen LogP contribution in [0.5, 0.6) is 0 Å². The van der Waals surface area contributed by atoms with Crippen LogP contribution in [0.3, 0.4) is 0 Å². The third kappa shape index (κ3) is 5.86. The first kappa shape index (κ1) is 28.5. The zero-order valence-corrected chi connectivity index (χ0v) is 23.4. The summed E-state index contributed by atoms with van der Waals surface area (Å²) in [5, 5.41) is 20.1. The van der Waals surface area contributed by atoms with Crippen LogP contribution in [0, 0.1) is 17.5 Å². The van der Waals surface area contributed by atoms with Gasteiger partial charge in [0.25, 0.3) is 0 Å². The van der Waals surface area contributed by atoms with Crippen molar-refractivity contribution in [2.45, 2.75) is 18.7 Å². The minimum Gasteiger partial charge on any atom is -0.381 e. The van der Waals surface area contributed by atoms with Crippen LogP contribution in [-0.2, 0) is 18.7 Å². The number of halogens is 4. The molecule has 6 rings (SSSR count). The Morgan fingerprint density at radius 2 is 1.49 bits per heavy atom. The Morgan fingerprint density at radius 1 is 0.814 bits per heavy atom. The van der Waals surface area contributed by atoms with Crippen molar-refractivity contribution in [1.82, 2.24) is 29.1 Å². The molecule has 0 aliphatic carbocycles. The first-order valence-corrected chi connectivity index (χ1v) is 13.8. The van der Waals surface area contributed by atoms with Crippen LogP contribution >= 0.6 is 11.6 Å². The van der Waals surface area contributed by atoms with Crippen LogP contribution in [0.1, 0.15) is 5.56 Å². The minimum absolute atomic E-state index is 0.211. The summed E-state index contributed by atoms with van der Waals surface area (Å²) in [6.45, 7) is 2.15. The Labute approximate surface area is 248 Å². The molecule has 0 bridgehead atoms. The molecule has 5 aromatic rings. The summed E-state index contributed by atoms with van der Waals surface area (Å²) in [4.78, 5) is 21.5. The average Bonchev–Trinajstić information content (AvgIpc) is 3.62. The van der Waals surface area contributed by atoms with E-state index < -0.39 is 29.5 Å². The first-order chi connectivity index (χ1) is 20.7. The van der Waals surface area contributed by atoms with Crippen LogP contribution in [0.25, 0.3) is 5.69 Å². The maximum atomic E-state index is 14.8. The molecule has 1 aliphatic heterocycles. The highest BCUT2D eigenvalue weighted by atomic mass is 35.5. The molecule has 14 heteroatoms. The predicted octanol–water partition coefficient (Wildman–Crippen LogP) is 3.61. The van der Waals surface area contributed by atoms with Gasteiger partial charge < -0.3 is 14.9 Å². The molecule has 1 N–H and O–H groups in total. The van der Waals surface area contributed by atoms with Gasteiger partial charge in [-0.25, -0.2) is 36.9 Å². The smallest absolute Gasteiger partial charge is 0.350 e. The van der Waals surface area contributed by atoms with Crippen molar-refractivity contribution in [2.24, 2.45) is 0 Å². The Hall–Kier alpha value is -4.62. The number of hydrogen-bond acceptors (Lipinski definition) is 7. The van der Waals surface area contributed by atoms with E-state index in [1.54, 1.807) is 18.2 Å². The van der Waals surface area contributed by atoms with Crippen molar-refractivity contribution in [3.05, 3.63) is 118 Å². The molecule has 0 radical (unpaired) electrons. The predicted molar refractivity (Wildman–Crippen MR) is 154 cm³/mol. The molecule has 43 heavy (non-hydrogen) atoms. The van der Waals surface area contributed by atoms with E-state index in [4.69, 9.17) is 11.6 Å². The molecule has 0 amide bonds. The Balaban J connectivity index is 1.18. The van der Waals surface area contributed by atoms with Crippen LogP contribution in [0.4, 0.5) is 24.5 Å². The summed E-state index contributed by atoms with van der Waals surface area (Å²) in [6.07, 6.45) is 3.92. The van der Waals surface area contributed by atoms with Gasteiger partial charge in [0.2, 0.25) is 0 Å². The van der Waals surface area contributed by atoms with Gasteiger partial charge in [0, 0.05) is 43.5 Å². The molecular formula is C29H26ClF3N8O2. The maximum absolute atomic E-state index is 14.8. The normalized spacial score (nSPS) is 15.1. The minimum atomic E-state index is -2.00. The number of aliphatic hydroxyl groups is 1. The van der Waals surface area contributed by atoms with Crippen molar-refractivity contribution in [1.29, 1.82) is 0 Å². The highest BCUT2D eigenvalue weighted by Crippen LogP contribution is 2.30. The fourth-order valence-electron chi connectivity index (χ4n) is 5.31. The lowest BCUT2D eigenvalue weighted by molar-refractivity contribution is -0.00948. The highest BCUT2D eigenvalue weighted by molar-refractivity contribution is 6.33. The topological polar surface area (TPSA) is 97.2 Å². The van der Waals surface area contributed by atoms with E-state index in [2.05, 4.69) is 25.0 Å². The second-order valence-corrected chi connectivity index (χ2v) is 10.7. The standard InChI is InChI=1S/C29H26ClF3N8O2/c30-25-13-20(31)2-8-27(25)38-11-9-37(10-12-38)22-3-5-23(6-4-22)40-19-36-41(28(40)42)16-29(43,15-39-18-34-17-35-39)24-7-1-21(32)14-26(24)33/h1-8,13-14,17-19,43H,9-12,15-16H2. The van der Waals surface area contributed by atoms with Crippen molar-refractivity contribution < 1.29 is 18.3 Å². The van der Waals surface area contributed by atoms with Crippen molar-refractivity contribution in [3.63, 3.8) is 0 Å². The molecule has 10 nitrogen and oxygen atoms in total. The summed E-state index contributed by atoms with van der Waals surface area (Å²) < 4.78 is 45.5. The summed E-state index contributed by atoms with van der Waals surface area (Å²) >= 11 is 6.24. The molecule has 1 aliphatic rings. The molecule has 1 unspecified atom stereocenters. The summed E-state index contributed by atoms with van der Waals surface area (Å²) in [7, 11) is 0. The summed E-state index contributed by atoms with van der Waals surface area (Å²) in [6, 6.07) is 14.6. The summed E-state index contributed by atoms with van der Waals surface area (Å²) in [5.41, 5.74) is -0.468. The lowest BCUT2D eigenvalue weighted by atomic mass is 9.93. The van der Waals surface area contributed by atoms with Gasteiger partial charge in [0.15, 0.2) is 0 Å². The second kappa shape index (κ2) is 11.6. The fraction of sp³-hybridized carbons (Fsp3) is 0.241. The van der Waals surface area contributed by atoms with Gasteiger partial charge in [-0.15, -0.1) is 0 Å². The molecule has 1 fully saturated rings. The van der Waals surface area contributed by atoms with Gasteiger partial charge in [-0.1, -0.05) is 17.7 Å². The average molecular weight is 611 g/mol. The lowest BCUT2D eigenvalue weighted by Crippen LogP contribution is -2.46. The molecule has 3 aromatic carbocycles. The molecule has 222 valence electrons. The number of aromatic nitrogens is 6. The monoisotopic (exact) mass is 610 g/mol. The second-order valence-electron chi connectivity index (χ2n) is 10.3. The van der Waals surface area contributed by atoms with E-state index >= 15 is 0 Å². The number of nitrogens with zero attached hydrogens (tertiary/aromatic N) is 8. The third-order valence-electron chi connectivity index (χ3n) is 7.49. The highest BCUT2D eigenvalue weighted by Gasteiger charge is 2.35. The van der Waals surface area contributed by atoms with E-state index in [9.17, 15) is 23.1 Å². The van der Waals surface area contributed by atoms with Gasteiger partial charge in [-0.05, 0) is 48.5 Å². The third-order valence-corrected chi connectivity index (χ3v) is 7.79. The van der Waals surface area contributed by atoms with Crippen LogP contribution < -0.4 is 15.5 Å². The van der Waals surface area contributed by atoms with Gasteiger partial charge in [-0.2, -0.15) is 10.2 Å².